The highest BCUT2D eigenvalue weighted by Crippen LogP contribution is 2.27. The van der Waals surface area contributed by atoms with Crippen molar-refractivity contribution < 1.29 is 0 Å². The predicted octanol–water partition coefficient (Wildman–Crippen LogP) is 2.72. The standard InChI is InChI=1S/C12H21N3/c1-9-6-4-5-7-11(9)14-12-8-13-15(3)10(12)2/h8-9,11,14H,4-7H2,1-3H3. The van der Waals surface area contributed by atoms with E-state index in [9.17, 15) is 0 Å². The molecule has 1 heterocycles. The molecule has 0 amide bonds. The van der Waals surface area contributed by atoms with Crippen molar-refractivity contribution in [1.82, 2.24) is 9.78 Å². The summed E-state index contributed by atoms with van der Waals surface area (Å²) in [6.45, 7) is 4.46. The van der Waals surface area contributed by atoms with Gasteiger partial charge in [0, 0.05) is 13.1 Å². The maximum absolute atomic E-state index is 4.26. The minimum Gasteiger partial charge on any atom is -0.379 e. The molecule has 2 atom stereocenters. The van der Waals surface area contributed by atoms with Crippen molar-refractivity contribution in [3.63, 3.8) is 0 Å². The summed E-state index contributed by atoms with van der Waals surface area (Å²) in [4.78, 5) is 0. The van der Waals surface area contributed by atoms with E-state index in [-0.39, 0.29) is 0 Å². The summed E-state index contributed by atoms with van der Waals surface area (Å²) in [6, 6.07) is 0.640. The van der Waals surface area contributed by atoms with E-state index in [0.717, 1.165) is 5.92 Å². The Bertz CT molecular complexity index is 330. The van der Waals surface area contributed by atoms with Gasteiger partial charge in [-0.15, -0.1) is 0 Å². The van der Waals surface area contributed by atoms with E-state index in [1.54, 1.807) is 0 Å². The number of hydrogen-bond donors (Lipinski definition) is 1. The molecular weight excluding hydrogens is 186 g/mol. The fourth-order valence-corrected chi connectivity index (χ4v) is 2.37. The zero-order chi connectivity index (χ0) is 10.8. The second-order valence-corrected chi connectivity index (χ2v) is 4.78. The highest BCUT2D eigenvalue weighted by Gasteiger charge is 2.21. The molecule has 2 rings (SSSR count). The summed E-state index contributed by atoms with van der Waals surface area (Å²) >= 11 is 0. The molecule has 15 heavy (non-hydrogen) atoms. The minimum atomic E-state index is 0.640. The second kappa shape index (κ2) is 4.25. The molecule has 0 aliphatic heterocycles. The first-order valence-corrected chi connectivity index (χ1v) is 5.93. The Morgan fingerprint density at radius 3 is 2.73 bits per heavy atom. The molecule has 0 radical (unpaired) electrons. The number of aromatic nitrogens is 2. The zero-order valence-corrected chi connectivity index (χ0v) is 9.95. The van der Waals surface area contributed by atoms with Crippen molar-refractivity contribution in [2.75, 3.05) is 5.32 Å². The third-order valence-corrected chi connectivity index (χ3v) is 3.69. The molecule has 1 saturated carbocycles. The molecule has 0 saturated heterocycles. The summed E-state index contributed by atoms with van der Waals surface area (Å²) < 4.78 is 1.93. The smallest absolute Gasteiger partial charge is 0.0758 e. The molecule has 0 aromatic carbocycles. The Balaban J connectivity index is 2.04. The Hall–Kier alpha value is -0.990. The topological polar surface area (TPSA) is 29.9 Å². The number of aryl methyl sites for hydroxylation is 1. The van der Waals surface area contributed by atoms with Gasteiger partial charge in [0.15, 0.2) is 0 Å². The molecule has 1 aromatic heterocycles. The molecule has 1 N–H and O–H groups in total. The molecule has 0 bridgehead atoms. The normalized spacial score (nSPS) is 26.6. The van der Waals surface area contributed by atoms with Crippen molar-refractivity contribution in [3.05, 3.63) is 11.9 Å². The Kier molecular flexibility index (Phi) is 2.98. The predicted molar refractivity (Wildman–Crippen MR) is 63.0 cm³/mol. The third kappa shape index (κ3) is 2.16. The van der Waals surface area contributed by atoms with Crippen molar-refractivity contribution >= 4 is 5.69 Å². The Morgan fingerprint density at radius 1 is 1.40 bits per heavy atom. The number of nitrogens with one attached hydrogen (secondary N) is 1. The van der Waals surface area contributed by atoms with Gasteiger partial charge in [-0.25, -0.2) is 0 Å². The van der Waals surface area contributed by atoms with Gasteiger partial charge in [-0.3, -0.25) is 4.68 Å². The van der Waals surface area contributed by atoms with Crippen LogP contribution in [0.5, 0.6) is 0 Å². The Morgan fingerprint density at radius 2 is 2.13 bits per heavy atom. The lowest BCUT2D eigenvalue weighted by Crippen LogP contribution is -2.30. The lowest BCUT2D eigenvalue weighted by atomic mass is 9.86. The fourth-order valence-electron chi connectivity index (χ4n) is 2.37. The van der Waals surface area contributed by atoms with Gasteiger partial charge in [0.2, 0.25) is 0 Å². The maximum atomic E-state index is 4.26. The van der Waals surface area contributed by atoms with E-state index >= 15 is 0 Å². The van der Waals surface area contributed by atoms with Crippen LogP contribution in [-0.2, 0) is 7.05 Å². The molecule has 3 heteroatoms. The SMILES string of the molecule is Cc1c(NC2CCCCC2C)cnn1C. The van der Waals surface area contributed by atoms with E-state index in [0.29, 0.717) is 6.04 Å². The molecule has 1 aliphatic carbocycles. The lowest BCUT2D eigenvalue weighted by Gasteiger charge is -2.30. The van der Waals surface area contributed by atoms with Crippen molar-refractivity contribution in [1.29, 1.82) is 0 Å². The van der Waals surface area contributed by atoms with Crippen LogP contribution in [0.1, 0.15) is 38.3 Å². The minimum absolute atomic E-state index is 0.640. The van der Waals surface area contributed by atoms with Crippen LogP contribution in [0.2, 0.25) is 0 Å². The van der Waals surface area contributed by atoms with E-state index < -0.39 is 0 Å². The van der Waals surface area contributed by atoms with Gasteiger partial charge >= 0.3 is 0 Å². The van der Waals surface area contributed by atoms with Gasteiger partial charge in [-0.05, 0) is 25.7 Å². The number of hydrogen-bond acceptors (Lipinski definition) is 2. The van der Waals surface area contributed by atoms with Gasteiger partial charge in [0.05, 0.1) is 17.6 Å². The van der Waals surface area contributed by atoms with Crippen LogP contribution < -0.4 is 5.32 Å². The second-order valence-electron chi connectivity index (χ2n) is 4.78. The molecule has 3 nitrogen and oxygen atoms in total. The van der Waals surface area contributed by atoms with Gasteiger partial charge < -0.3 is 5.32 Å². The monoisotopic (exact) mass is 207 g/mol. The fraction of sp³-hybridized carbons (Fsp3) is 0.750. The highest BCUT2D eigenvalue weighted by molar-refractivity contribution is 5.46. The summed E-state index contributed by atoms with van der Waals surface area (Å²) in [5, 5.41) is 7.90. The lowest BCUT2D eigenvalue weighted by molar-refractivity contribution is 0.349. The first-order valence-electron chi connectivity index (χ1n) is 5.93. The summed E-state index contributed by atoms with van der Waals surface area (Å²) in [7, 11) is 1.99. The zero-order valence-electron chi connectivity index (χ0n) is 9.95. The van der Waals surface area contributed by atoms with Crippen LogP contribution >= 0.6 is 0 Å². The molecule has 0 spiro atoms. The summed E-state index contributed by atoms with van der Waals surface area (Å²) in [5.41, 5.74) is 2.43. The van der Waals surface area contributed by atoms with Gasteiger partial charge in [0.1, 0.15) is 0 Å². The maximum Gasteiger partial charge on any atom is 0.0758 e. The van der Waals surface area contributed by atoms with Crippen molar-refractivity contribution in [2.45, 2.75) is 45.6 Å². The van der Waals surface area contributed by atoms with Crippen molar-refractivity contribution in [3.8, 4) is 0 Å². The molecule has 1 aliphatic rings. The highest BCUT2D eigenvalue weighted by atomic mass is 15.3. The molecular formula is C12H21N3. The van der Waals surface area contributed by atoms with E-state index in [4.69, 9.17) is 0 Å². The van der Waals surface area contributed by atoms with Gasteiger partial charge in [-0.2, -0.15) is 5.10 Å². The largest absolute Gasteiger partial charge is 0.379 e. The first kappa shape index (κ1) is 10.5. The molecule has 1 fully saturated rings. The van der Waals surface area contributed by atoms with Crippen LogP contribution in [0.4, 0.5) is 5.69 Å². The van der Waals surface area contributed by atoms with Crippen LogP contribution in [0.3, 0.4) is 0 Å². The molecule has 1 aromatic rings. The molecule has 84 valence electrons. The summed E-state index contributed by atoms with van der Waals surface area (Å²) in [6.07, 6.45) is 7.36. The van der Waals surface area contributed by atoms with Gasteiger partial charge in [-0.1, -0.05) is 19.8 Å². The number of anilines is 1. The van der Waals surface area contributed by atoms with E-state index in [1.807, 2.05) is 17.9 Å². The van der Waals surface area contributed by atoms with Crippen LogP contribution in [0.15, 0.2) is 6.20 Å². The number of rotatable bonds is 2. The first-order chi connectivity index (χ1) is 7.18. The molecule has 2 unspecified atom stereocenters. The quantitative estimate of drug-likeness (QED) is 0.808. The third-order valence-electron chi connectivity index (χ3n) is 3.69. The summed E-state index contributed by atoms with van der Waals surface area (Å²) in [5.74, 6) is 0.790. The van der Waals surface area contributed by atoms with E-state index in [2.05, 4.69) is 24.3 Å². The van der Waals surface area contributed by atoms with Crippen molar-refractivity contribution in [2.24, 2.45) is 13.0 Å². The Labute approximate surface area is 91.9 Å². The van der Waals surface area contributed by atoms with E-state index in [1.165, 1.54) is 37.1 Å². The number of nitrogens with zero attached hydrogens (tertiary/aromatic N) is 2. The van der Waals surface area contributed by atoms with Crippen LogP contribution in [-0.4, -0.2) is 15.8 Å². The van der Waals surface area contributed by atoms with Crippen LogP contribution in [0, 0.1) is 12.8 Å². The average Bonchev–Trinajstić information content (AvgIpc) is 2.53. The average molecular weight is 207 g/mol. The van der Waals surface area contributed by atoms with Gasteiger partial charge in [0.25, 0.3) is 0 Å². The van der Waals surface area contributed by atoms with Crippen LogP contribution in [0.25, 0.3) is 0 Å².